The SMILES string of the molecule is CCN1CC(C)(C)c2cc3[nH]c4c(c3cc21)CCCc1cn[nH]c1-4. The van der Waals surface area contributed by atoms with Gasteiger partial charge in [0.1, 0.15) is 0 Å². The van der Waals surface area contributed by atoms with Gasteiger partial charge < -0.3 is 9.88 Å². The number of H-pyrrole nitrogens is 2. The number of anilines is 1. The summed E-state index contributed by atoms with van der Waals surface area (Å²) in [4.78, 5) is 6.23. The molecule has 0 unspecified atom stereocenters. The van der Waals surface area contributed by atoms with Crippen LogP contribution in [0.1, 0.15) is 43.9 Å². The highest BCUT2D eigenvalue weighted by Gasteiger charge is 2.35. The molecule has 1 aliphatic heterocycles. The summed E-state index contributed by atoms with van der Waals surface area (Å²) >= 11 is 0. The van der Waals surface area contributed by atoms with Crippen molar-refractivity contribution in [2.75, 3.05) is 18.0 Å². The minimum absolute atomic E-state index is 0.210. The van der Waals surface area contributed by atoms with E-state index >= 15 is 0 Å². The predicted molar refractivity (Wildman–Crippen MR) is 98.8 cm³/mol. The second-order valence-corrected chi connectivity index (χ2v) is 7.92. The van der Waals surface area contributed by atoms with Crippen LogP contribution >= 0.6 is 0 Å². The Labute approximate surface area is 142 Å². The summed E-state index contributed by atoms with van der Waals surface area (Å²) in [6, 6.07) is 4.82. The summed E-state index contributed by atoms with van der Waals surface area (Å²) in [5.41, 5.74) is 9.60. The van der Waals surface area contributed by atoms with Gasteiger partial charge in [0, 0.05) is 35.1 Å². The van der Waals surface area contributed by atoms with Crippen LogP contribution in [0, 0.1) is 0 Å². The van der Waals surface area contributed by atoms with Crippen LogP contribution in [0.3, 0.4) is 0 Å². The standard InChI is InChI=1S/C20H24N4/c1-4-24-11-20(2,3)15-9-16-14(8-17(15)24)13-7-5-6-12-10-21-23-18(12)19(13)22-16/h8-10,22H,4-7,11H2,1-3H3,(H,21,23). The van der Waals surface area contributed by atoms with E-state index in [2.05, 4.69) is 53.0 Å². The maximum atomic E-state index is 4.27. The fraction of sp³-hybridized carbons (Fsp3) is 0.450. The van der Waals surface area contributed by atoms with Crippen molar-refractivity contribution < 1.29 is 0 Å². The van der Waals surface area contributed by atoms with Gasteiger partial charge in [0.15, 0.2) is 0 Å². The zero-order valence-corrected chi connectivity index (χ0v) is 14.7. The number of aromatic nitrogens is 3. The molecular formula is C20H24N4. The summed E-state index contributed by atoms with van der Waals surface area (Å²) in [6.07, 6.45) is 5.41. The van der Waals surface area contributed by atoms with Crippen molar-refractivity contribution >= 4 is 16.6 Å². The number of benzene rings is 1. The number of hydrogen-bond acceptors (Lipinski definition) is 2. The van der Waals surface area contributed by atoms with Gasteiger partial charge in [-0.1, -0.05) is 13.8 Å². The molecule has 2 aromatic heterocycles. The molecule has 124 valence electrons. The van der Waals surface area contributed by atoms with E-state index < -0.39 is 0 Å². The van der Waals surface area contributed by atoms with Gasteiger partial charge in [-0.2, -0.15) is 5.10 Å². The lowest BCUT2D eigenvalue weighted by atomic mass is 9.86. The number of aryl methyl sites for hydroxylation is 2. The highest BCUT2D eigenvalue weighted by molar-refractivity contribution is 5.95. The van der Waals surface area contributed by atoms with Gasteiger partial charge in [0.2, 0.25) is 0 Å². The van der Waals surface area contributed by atoms with E-state index in [4.69, 9.17) is 0 Å². The molecule has 2 aliphatic rings. The first-order valence-electron chi connectivity index (χ1n) is 9.05. The zero-order valence-electron chi connectivity index (χ0n) is 14.7. The van der Waals surface area contributed by atoms with Crippen molar-refractivity contribution in [1.82, 2.24) is 15.2 Å². The molecule has 0 amide bonds. The van der Waals surface area contributed by atoms with Crippen LogP contribution in [-0.4, -0.2) is 28.3 Å². The van der Waals surface area contributed by atoms with E-state index in [9.17, 15) is 0 Å². The van der Waals surface area contributed by atoms with Gasteiger partial charge in [-0.05, 0) is 55.0 Å². The number of hydrogen-bond donors (Lipinski definition) is 2. The molecule has 0 atom stereocenters. The molecule has 4 nitrogen and oxygen atoms in total. The molecule has 24 heavy (non-hydrogen) atoms. The van der Waals surface area contributed by atoms with Gasteiger partial charge in [-0.15, -0.1) is 0 Å². The smallest absolute Gasteiger partial charge is 0.0847 e. The Bertz CT molecular complexity index is 944. The minimum atomic E-state index is 0.210. The molecule has 0 radical (unpaired) electrons. The topological polar surface area (TPSA) is 47.7 Å². The third kappa shape index (κ3) is 1.77. The Kier molecular flexibility index (Phi) is 2.74. The Balaban J connectivity index is 1.79. The van der Waals surface area contributed by atoms with E-state index in [1.807, 2.05) is 6.20 Å². The highest BCUT2D eigenvalue weighted by atomic mass is 15.2. The summed E-state index contributed by atoms with van der Waals surface area (Å²) in [5, 5.41) is 8.88. The van der Waals surface area contributed by atoms with Crippen molar-refractivity contribution in [3.05, 3.63) is 35.0 Å². The maximum absolute atomic E-state index is 4.27. The molecule has 0 saturated carbocycles. The Morgan fingerprint density at radius 2 is 2.08 bits per heavy atom. The minimum Gasteiger partial charge on any atom is -0.371 e. The van der Waals surface area contributed by atoms with E-state index in [0.29, 0.717) is 0 Å². The summed E-state index contributed by atoms with van der Waals surface area (Å²) in [5.74, 6) is 0. The number of fused-ring (bicyclic) bond motifs is 6. The molecule has 0 saturated heterocycles. The quantitative estimate of drug-likeness (QED) is 0.707. The van der Waals surface area contributed by atoms with Crippen LogP contribution < -0.4 is 4.90 Å². The van der Waals surface area contributed by atoms with Crippen LogP contribution in [0.5, 0.6) is 0 Å². The molecule has 3 heterocycles. The van der Waals surface area contributed by atoms with Crippen molar-refractivity contribution in [3.63, 3.8) is 0 Å². The van der Waals surface area contributed by atoms with Gasteiger partial charge in [0.05, 0.1) is 17.6 Å². The summed E-state index contributed by atoms with van der Waals surface area (Å²) in [7, 11) is 0. The fourth-order valence-corrected chi connectivity index (χ4v) is 4.67. The molecule has 5 rings (SSSR count). The number of likely N-dealkylation sites (N-methyl/N-ethyl adjacent to an activating group) is 1. The first-order valence-corrected chi connectivity index (χ1v) is 9.05. The normalized spacial score (nSPS) is 18.4. The van der Waals surface area contributed by atoms with E-state index in [-0.39, 0.29) is 5.41 Å². The van der Waals surface area contributed by atoms with Crippen LogP contribution in [0.4, 0.5) is 5.69 Å². The van der Waals surface area contributed by atoms with E-state index in [1.165, 1.54) is 51.1 Å². The van der Waals surface area contributed by atoms with Crippen molar-refractivity contribution in [3.8, 4) is 11.4 Å². The summed E-state index contributed by atoms with van der Waals surface area (Å²) < 4.78 is 0. The third-order valence-electron chi connectivity index (χ3n) is 5.90. The van der Waals surface area contributed by atoms with Crippen LogP contribution in [-0.2, 0) is 18.3 Å². The van der Waals surface area contributed by atoms with Gasteiger partial charge >= 0.3 is 0 Å². The fourth-order valence-electron chi connectivity index (χ4n) is 4.67. The number of nitrogens with zero attached hydrogens (tertiary/aromatic N) is 2. The Morgan fingerprint density at radius 3 is 2.92 bits per heavy atom. The van der Waals surface area contributed by atoms with Crippen LogP contribution in [0.15, 0.2) is 18.3 Å². The van der Waals surface area contributed by atoms with Crippen molar-refractivity contribution in [1.29, 1.82) is 0 Å². The number of nitrogens with one attached hydrogen (secondary N) is 2. The van der Waals surface area contributed by atoms with E-state index in [1.54, 1.807) is 0 Å². The average molecular weight is 320 g/mol. The Morgan fingerprint density at radius 1 is 1.21 bits per heavy atom. The van der Waals surface area contributed by atoms with E-state index in [0.717, 1.165) is 25.9 Å². The molecular weight excluding hydrogens is 296 g/mol. The average Bonchev–Trinajstić information content (AvgIpc) is 3.19. The first-order chi connectivity index (χ1) is 11.6. The molecule has 0 spiro atoms. The lowest BCUT2D eigenvalue weighted by Gasteiger charge is -2.20. The summed E-state index contributed by atoms with van der Waals surface area (Å²) in [6.45, 7) is 9.14. The molecule has 0 bridgehead atoms. The lowest BCUT2D eigenvalue weighted by molar-refractivity contribution is 0.555. The molecule has 0 fully saturated rings. The maximum Gasteiger partial charge on any atom is 0.0847 e. The molecule has 2 N–H and O–H groups in total. The predicted octanol–water partition coefficient (Wildman–Crippen LogP) is 4.16. The lowest BCUT2D eigenvalue weighted by Crippen LogP contribution is -2.28. The number of rotatable bonds is 1. The number of aromatic amines is 2. The molecule has 4 heteroatoms. The molecule has 1 aromatic carbocycles. The second-order valence-electron chi connectivity index (χ2n) is 7.92. The van der Waals surface area contributed by atoms with Gasteiger partial charge in [0.25, 0.3) is 0 Å². The second kappa shape index (κ2) is 4.65. The Hall–Kier alpha value is -2.23. The van der Waals surface area contributed by atoms with Crippen molar-refractivity contribution in [2.45, 2.75) is 45.4 Å². The first kappa shape index (κ1) is 14.1. The van der Waals surface area contributed by atoms with Gasteiger partial charge in [-0.25, -0.2) is 0 Å². The largest absolute Gasteiger partial charge is 0.371 e. The zero-order chi connectivity index (χ0) is 16.5. The van der Waals surface area contributed by atoms with Crippen LogP contribution in [0.25, 0.3) is 22.3 Å². The highest BCUT2D eigenvalue weighted by Crippen LogP contribution is 2.45. The van der Waals surface area contributed by atoms with Crippen LogP contribution in [0.2, 0.25) is 0 Å². The van der Waals surface area contributed by atoms with Crippen molar-refractivity contribution in [2.24, 2.45) is 0 Å². The van der Waals surface area contributed by atoms with Gasteiger partial charge in [-0.3, -0.25) is 5.10 Å². The molecule has 1 aliphatic carbocycles. The monoisotopic (exact) mass is 320 g/mol. The molecule has 3 aromatic rings. The third-order valence-corrected chi connectivity index (χ3v) is 5.90.